The van der Waals surface area contributed by atoms with Gasteiger partial charge in [-0.25, -0.2) is 0 Å². The van der Waals surface area contributed by atoms with Gasteiger partial charge in [-0.2, -0.15) is 0 Å². The number of hydrogen-bond acceptors (Lipinski definition) is 2. The third-order valence-corrected chi connectivity index (χ3v) is 3.03. The van der Waals surface area contributed by atoms with E-state index in [1.54, 1.807) is 0 Å². The van der Waals surface area contributed by atoms with E-state index in [9.17, 15) is 0 Å². The van der Waals surface area contributed by atoms with Gasteiger partial charge in [-0.3, -0.25) is 0 Å². The first-order valence-corrected chi connectivity index (χ1v) is 4.95. The van der Waals surface area contributed by atoms with Gasteiger partial charge in [-0.1, -0.05) is 13.8 Å². The van der Waals surface area contributed by atoms with Crippen LogP contribution in [0.3, 0.4) is 0 Å². The molecule has 0 aliphatic heterocycles. The van der Waals surface area contributed by atoms with E-state index in [1.807, 2.05) is 6.92 Å². The highest BCUT2D eigenvalue weighted by Crippen LogP contribution is 2.51. The summed E-state index contributed by atoms with van der Waals surface area (Å²) >= 11 is 0. The standard InChI is InChI=1S/C10H21NO/c1-8(2)10(4-5-10)7-11-6-9(3)12/h8-9,11-12H,4-7H2,1-3H3/t9-/m0/s1. The Morgan fingerprint density at radius 2 is 1.92 bits per heavy atom. The van der Waals surface area contributed by atoms with Crippen LogP contribution >= 0.6 is 0 Å². The molecule has 0 unspecified atom stereocenters. The summed E-state index contributed by atoms with van der Waals surface area (Å²) < 4.78 is 0. The van der Waals surface area contributed by atoms with E-state index >= 15 is 0 Å². The maximum Gasteiger partial charge on any atom is 0.0636 e. The molecule has 0 aromatic carbocycles. The van der Waals surface area contributed by atoms with Gasteiger partial charge in [0.1, 0.15) is 0 Å². The Bertz CT molecular complexity index is 139. The number of aliphatic hydroxyl groups is 1. The van der Waals surface area contributed by atoms with Gasteiger partial charge < -0.3 is 10.4 Å². The van der Waals surface area contributed by atoms with Crippen LogP contribution in [-0.2, 0) is 0 Å². The van der Waals surface area contributed by atoms with Crippen LogP contribution in [0.1, 0.15) is 33.6 Å². The zero-order chi connectivity index (χ0) is 9.19. The van der Waals surface area contributed by atoms with E-state index in [2.05, 4.69) is 19.2 Å². The molecule has 0 spiro atoms. The average molecular weight is 171 g/mol. The van der Waals surface area contributed by atoms with Gasteiger partial charge in [0.25, 0.3) is 0 Å². The van der Waals surface area contributed by atoms with Crippen LogP contribution in [0.5, 0.6) is 0 Å². The van der Waals surface area contributed by atoms with Gasteiger partial charge in [0, 0.05) is 13.1 Å². The van der Waals surface area contributed by atoms with E-state index in [4.69, 9.17) is 5.11 Å². The fourth-order valence-electron chi connectivity index (χ4n) is 1.65. The minimum absolute atomic E-state index is 0.215. The third kappa shape index (κ3) is 2.46. The summed E-state index contributed by atoms with van der Waals surface area (Å²) in [6.45, 7) is 8.21. The fourth-order valence-corrected chi connectivity index (χ4v) is 1.65. The Balaban J connectivity index is 2.14. The predicted octanol–water partition coefficient (Wildman–Crippen LogP) is 1.39. The van der Waals surface area contributed by atoms with E-state index in [0.717, 1.165) is 19.0 Å². The Kier molecular flexibility index (Phi) is 3.13. The molecule has 1 aliphatic carbocycles. The molecule has 1 rings (SSSR count). The molecule has 0 aromatic heterocycles. The van der Waals surface area contributed by atoms with Gasteiger partial charge in [-0.15, -0.1) is 0 Å². The number of aliphatic hydroxyl groups excluding tert-OH is 1. The number of rotatable bonds is 5. The van der Waals surface area contributed by atoms with E-state index in [0.29, 0.717) is 5.41 Å². The molecule has 1 atom stereocenters. The minimum Gasteiger partial charge on any atom is -0.392 e. The fraction of sp³-hybridized carbons (Fsp3) is 1.00. The second-order valence-electron chi connectivity index (χ2n) is 4.50. The largest absolute Gasteiger partial charge is 0.392 e. The molecule has 2 heteroatoms. The molecule has 1 saturated carbocycles. The van der Waals surface area contributed by atoms with Crippen LogP contribution in [0.2, 0.25) is 0 Å². The highest BCUT2D eigenvalue weighted by molar-refractivity contribution is 4.97. The van der Waals surface area contributed by atoms with Crippen molar-refractivity contribution in [3.8, 4) is 0 Å². The Labute approximate surface area is 75.4 Å². The Hall–Kier alpha value is -0.0800. The van der Waals surface area contributed by atoms with Crippen molar-refractivity contribution >= 4 is 0 Å². The molecule has 0 saturated heterocycles. The first kappa shape index (κ1) is 10.0. The lowest BCUT2D eigenvalue weighted by molar-refractivity contribution is 0.185. The van der Waals surface area contributed by atoms with Crippen LogP contribution in [0, 0.1) is 11.3 Å². The first-order valence-electron chi connectivity index (χ1n) is 4.95. The molecule has 12 heavy (non-hydrogen) atoms. The van der Waals surface area contributed by atoms with Crippen molar-refractivity contribution in [1.29, 1.82) is 0 Å². The lowest BCUT2D eigenvalue weighted by atomic mass is 9.92. The second-order valence-corrected chi connectivity index (χ2v) is 4.50. The van der Waals surface area contributed by atoms with Crippen LogP contribution < -0.4 is 5.32 Å². The van der Waals surface area contributed by atoms with Crippen molar-refractivity contribution in [2.24, 2.45) is 11.3 Å². The van der Waals surface area contributed by atoms with E-state index in [-0.39, 0.29) is 6.10 Å². The lowest BCUT2D eigenvalue weighted by Crippen LogP contribution is -2.32. The van der Waals surface area contributed by atoms with Crippen molar-refractivity contribution in [2.45, 2.75) is 39.7 Å². The first-order chi connectivity index (χ1) is 5.57. The van der Waals surface area contributed by atoms with Crippen molar-refractivity contribution in [3.63, 3.8) is 0 Å². The molecular weight excluding hydrogens is 150 g/mol. The monoisotopic (exact) mass is 171 g/mol. The second kappa shape index (κ2) is 3.75. The van der Waals surface area contributed by atoms with E-state index in [1.165, 1.54) is 12.8 Å². The lowest BCUT2D eigenvalue weighted by Gasteiger charge is -2.20. The smallest absolute Gasteiger partial charge is 0.0636 e. The Morgan fingerprint density at radius 3 is 2.25 bits per heavy atom. The van der Waals surface area contributed by atoms with Crippen molar-refractivity contribution < 1.29 is 5.11 Å². The molecule has 0 heterocycles. The molecule has 0 radical (unpaired) electrons. The van der Waals surface area contributed by atoms with Gasteiger partial charge in [-0.05, 0) is 31.1 Å². The van der Waals surface area contributed by atoms with Gasteiger partial charge in [0.15, 0.2) is 0 Å². The van der Waals surface area contributed by atoms with Crippen LogP contribution in [0.15, 0.2) is 0 Å². The molecule has 0 amide bonds. The summed E-state index contributed by atoms with van der Waals surface area (Å²) in [7, 11) is 0. The zero-order valence-electron chi connectivity index (χ0n) is 8.43. The van der Waals surface area contributed by atoms with Crippen molar-refractivity contribution in [2.75, 3.05) is 13.1 Å². The van der Waals surface area contributed by atoms with Gasteiger partial charge in [0.2, 0.25) is 0 Å². The predicted molar refractivity (Wildman–Crippen MR) is 51.1 cm³/mol. The number of nitrogens with one attached hydrogen (secondary N) is 1. The molecule has 0 bridgehead atoms. The summed E-state index contributed by atoms with van der Waals surface area (Å²) in [6.07, 6.45) is 2.50. The van der Waals surface area contributed by atoms with E-state index < -0.39 is 0 Å². The molecule has 2 N–H and O–H groups in total. The maximum absolute atomic E-state index is 9.05. The SMILES string of the molecule is CC(C)C1(CNC[C@H](C)O)CC1. The molecule has 72 valence electrons. The molecular formula is C10H21NO. The summed E-state index contributed by atoms with van der Waals surface area (Å²) in [5.74, 6) is 0.777. The summed E-state index contributed by atoms with van der Waals surface area (Å²) in [6, 6.07) is 0. The highest BCUT2D eigenvalue weighted by Gasteiger charge is 2.44. The maximum atomic E-state index is 9.05. The molecule has 1 aliphatic rings. The van der Waals surface area contributed by atoms with Crippen LogP contribution in [-0.4, -0.2) is 24.3 Å². The van der Waals surface area contributed by atoms with Gasteiger partial charge in [0.05, 0.1) is 6.10 Å². The molecule has 1 fully saturated rings. The van der Waals surface area contributed by atoms with Crippen LogP contribution in [0.4, 0.5) is 0 Å². The van der Waals surface area contributed by atoms with Gasteiger partial charge >= 0.3 is 0 Å². The van der Waals surface area contributed by atoms with Crippen molar-refractivity contribution in [1.82, 2.24) is 5.32 Å². The Morgan fingerprint density at radius 1 is 1.33 bits per heavy atom. The van der Waals surface area contributed by atoms with Crippen LogP contribution in [0.25, 0.3) is 0 Å². The highest BCUT2D eigenvalue weighted by atomic mass is 16.3. The zero-order valence-corrected chi connectivity index (χ0v) is 8.43. The summed E-state index contributed by atoms with van der Waals surface area (Å²) in [5, 5.41) is 12.4. The van der Waals surface area contributed by atoms with Crippen molar-refractivity contribution in [3.05, 3.63) is 0 Å². The normalized spacial score (nSPS) is 22.8. The topological polar surface area (TPSA) is 32.3 Å². The average Bonchev–Trinajstić information content (AvgIpc) is 2.68. The minimum atomic E-state index is -0.215. The summed E-state index contributed by atoms with van der Waals surface area (Å²) in [4.78, 5) is 0. The third-order valence-electron chi connectivity index (χ3n) is 3.03. The molecule has 2 nitrogen and oxygen atoms in total. The quantitative estimate of drug-likeness (QED) is 0.655. The number of hydrogen-bond donors (Lipinski definition) is 2. The summed E-state index contributed by atoms with van der Waals surface area (Å²) in [5.41, 5.74) is 0.564. The molecule has 0 aromatic rings.